The van der Waals surface area contributed by atoms with Crippen LogP contribution in [0.25, 0.3) is 0 Å². The Balaban J connectivity index is 2.98. The number of rotatable bonds is 3. The minimum Gasteiger partial charge on any atom is -0.401 e. The first-order valence-corrected chi connectivity index (χ1v) is 9.74. The van der Waals surface area contributed by atoms with Crippen LogP contribution >= 0.6 is 31.9 Å². The molecule has 0 heterocycles. The summed E-state index contributed by atoms with van der Waals surface area (Å²) >= 11 is 7.22. The van der Waals surface area contributed by atoms with Crippen LogP contribution in [0.1, 0.15) is 36.9 Å². The van der Waals surface area contributed by atoms with Crippen LogP contribution in [0.15, 0.2) is 22.7 Å². The first kappa shape index (κ1) is 15.4. The summed E-state index contributed by atoms with van der Waals surface area (Å²) in [5.41, 5.74) is 2.66. The van der Waals surface area contributed by atoms with Gasteiger partial charge in [-0.05, 0) is 30.1 Å². The fourth-order valence-corrected chi connectivity index (χ4v) is 4.40. The Hall–Kier alpha value is 0.357. The average Bonchev–Trinajstić information content (AvgIpc) is 2.14. The van der Waals surface area contributed by atoms with Crippen LogP contribution in [-0.2, 0) is 9.84 Å². The largest absolute Gasteiger partial charge is 0.401 e. The third kappa shape index (κ3) is 4.50. The number of hydrogen-bond acceptors (Lipinski definition) is 1. The maximum absolute atomic E-state index is 5.83. The molecule has 0 aromatic heterocycles. The second-order valence-electron chi connectivity index (χ2n) is 5.33. The van der Waals surface area contributed by atoms with Gasteiger partial charge in [-0.15, -0.1) is 0 Å². The second-order valence-corrected chi connectivity index (χ2v) is 9.07. The fraction of sp³-hybridized carbons (Fsp3) is 0.538. The molecule has 1 aromatic carbocycles. The minimum atomic E-state index is -0.703. The normalized spacial score (nSPS) is 14.1. The zero-order valence-corrected chi connectivity index (χ0v) is 15.1. The number of alkyl halides is 1. The molecular weight excluding hydrogens is 360 g/mol. The van der Waals surface area contributed by atoms with Crippen LogP contribution in [0.2, 0.25) is 13.1 Å². The quantitative estimate of drug-likeness (QED) is 0.504. The van der Waals surface area contributed by atoms with Crippen molar-refractivity contribution in [1.29, 1.82) is 0 Å². The minimum absolute atomic E-state index is 0.0187. The molecule has 17 heavy (non-hydrogen) atoms. The van der Waals surface area contributed by atoms with E-state index in [0.29, 0.717) is 0 Å². The molecule has 0 saturated heterocycles. The summed E-state index contributed by atoms with van der Waals surface area (Å²) in [6.07, 6.45) is 0. The van der Waals surface area contributed by atoms with Crippen molar-refractivity contribution < 1.29 is 4.43 Å². The first-order valence-electron chi connectivity index (χ1n) is 5.62. The van der Waals surface area contributed by atoms with Crippen molar-refractivity contribution >= 4 is 40.9 Å². The molecule has 0 aliphatic heterocycles. The number of benzene rings is 1. The van der Waals surface area contributed by atoms with E-state index in [9.17, 15) is 0 Å². The number of hydrogen-bond donors (Lipinski definition) is 0. The van der Waals surface area contributed by atoms with Gasteiger partial charge in [0.1, 0.15) is 5.01 Å². The lowest BCUT2D eigenvalue weighted by molar-refractivity contribution is 0.309. The van der Waals surface area contributed by atoms with Crippen molar-refractivity contribution in [1.82, 2.24) is 0 Å². The van der Waals surface area contributed by atoms with E-state index >= 15 is 0 Å². The molecule has 1 atom stereocenters. The summed E-state index contributed by atoms with van der Waals surface area (Å²) in [7, 11) is -0.703. The summed E-state index contributed by atoms with van der Waals surface area (Å²) < 4.78 is 6.94. The van der Waals surface area contributed by atoms with Crippen molar-refractivity contribution in [2.75, 3.05) is 0 Å². The summed E-state index contributed by atoms with van der Waals surface area (Å²) in [5, 5.41) is -0.0187. The summed E-state index contributed by atoms with van der Waals surface area (Å²) in [4.78, 5) is 0. The molecule has 0 fully saturated rings. The van der Waals surface area contributed by atoms with Gasteiger partial charge in [-0.3, -0.25) is 0 Å². The van der Waals surface area contributed by atoms with E-state index in [1.54, 1.807) is 0 Å². The molecule has 1 radical (unpaired) electrons. The Labute approximate surface area is 123 Å². The summed E-state index contributed by atoms with van der Waals surface area (Å²) in [5.74, 6) is 0. The molecule has 0 amide bonds. The van der Waals surface area contributed by atoms with Gasteiger partial charge < -0.3 is 4.43 Å². The van der Waals surface area contributed by atoms with E-state index < -0.39 is 9.04 Å². The lowest BCUT2D eigenvalue weighted by Gasteiger charge is -2.22. The predicted molar refractivity (Wildman–Crippen MR) is 83.1 cm³/mol. The molecule has 95 valence electrons. The van der Waals surface area contributed by atoms with Gasteiger partial charge in [0.05, 0.1) is 0 Å². The Morgan fingerprint density at radius 1 is 1.24 bits per heavy atom. The molecule has 0 aliphatic carbocycles. The third-order valence-electron chi connectivity index (χ3n) is 2.45. The summed E-state index contributed by atoms with van der Waals surface area (Å²) in [6, 6.07) is 6.50. The molecule has 1 unspecified atom stereocenters. The first-order chi connectivity index (χ1) is 7.71. The van der Waals surface area contributed by atoms with Crippen LogP contribution < -0.4 is 0 Å². The maximum Gasteiger partial charge on any atom is 0.207 e. The highest BCUT2D eigenvalue weighted by Crippen LogP contribution is 2.34. The fourth-order valence-electron chi connectivity index (χ4n) is 1.45. The molecule has 1 rings (SSSR count). The summed E-state index contributed by atoms with van der Waals surface area (Å²) in [6.45, 7) is 10.9. The van der Waals surface area contributed by atoms with E-state index in [2.05, 4.69) is 83.9 Å². The van der Waals surface area contributed by atoms with E-state index in [-0.39, 0.29) is 10.4 Å². The Bertz CT molecular complexity index is 385. The van der Waals surface area contributed by atoms with Crippen LogP contribution in [0.4, 0.5) is 0 Å². The van der Waals surface area contributed by atoms with E-state index in [1.165, 1.54) is 5.56 Å². The van der Waals surface area contributed by atoms with Gasteiger partial charge in [-0.1, -0.05) is 64.8 Å². The highest BCUT2D eigenvalue weighted by molar-refractivity contribution is 9.11. The van der Waals surface area contributed by atoms with Crippen LogP contribution in [0.5, 0.6) is 0 Å². The molecular formula is C13H19Br2OSi. The molecule has 1 aromatic rings. The monoisotopic (exact) mass is 377 g/mol. The lowest BCUT2D eigenvalue weighted by atomic mass is 9.87. The van der Waals surface area contributed by atoms with Gasteiger partial charge in [0, 0.05) is 10.0 Å². The Morgan fingerprint density at radius 3 is 2.24 bits per heavy atom. The average molecular weight is 379 g/mol. The molecule has 0 spiro atoms. The SMILES string of the molecule is C[Si](C)OC(Br)c1ccc(C(C)(C)C)cc1Br. The van der Waals surface area contributed by atoms with Gasteiger partial charge in [-0.25, -0.2) is 0 Å². The van der Waals surface area contributed by atoms with Gasteiger partial charge >= 0.3 is 0 Å². The van der Waals surface area contributed by atoms with Crippen LogP contribution in [0.3, 0.4) is 0 Å². The highest BCUT2D eigenvalue weighted by atomic mass is 79.9. The zero-order chi connectivity index (χ0) is 13.2. The zero-order valence-electron chi connectivity index (χ0n) is 11.0. The molecule has 0 saturated carbocycles. The molecule has 0 aliphatic rings. The van der Waals surface area contributed by atoms with Gasteiger partial charge in [0.2, 0.25) is 9.04 Å². The van der Waals surface area contributed by atoms with Gasteiger partial charge in [0.15, 0.2) is 0 Å². The molecule has 0 N–H and O–H groups in total. The van der Waals surface area contributed by atoms with E-state index in [4.69, 9.17) is 4.43 Å². The molecule has 4 heteroatoms. The molecule has 1 nitrogen and oxygen atoms in total. The maximum atomic E-state index is 5.83. The van der Waals surface area contributed by atoms with Crippen molar-refractivity contribution in [3.05, 3.63) is 33.8 Å². The Morgan fingerprint density at radius 2 is 1.82 bits per heavy atom. The molecule has 0 bridgehead atoms. The van der Waals surface area contributed by atoms with E-state index in [0.717, 1.165) is 10.0 Å². The van der Waals surface area contributed by atoms with E-state index in [1.807, 2.05) is 0 Å². The van der Waals surface area contributed by atoms with Crippen LogP contribution in [-0.4, -0.2) is 9.04 Å². The third-order valence-corrected chi connectivity index (χ3v) is 4.87. The highest BCUT2D eigenvalue weighted by Gasteiger charge is 2.18. The lowest BCUT2D eigenvalue weighted by Crippen LogP contribution is -2.13. The van der Waals surface area contributed by atoms with Crippen molar-refractivity contribution in [2.24, 2.45) is 0 Å². The topological polar surface area (TPSA) is 9.23 Å². The standard InChI is InChI=1S/C13H19Br2OSi/c1-13(2,3)9-6-7-10(11(14)8-9)12(15)16-17(4)5/h6-8,12H,1-5H3. The van der Waals surface area contributed by atoms with Gasteiger partial charge in [-0.2, -0.15) is 0 Å². The van der Waals surface area contributed by atoms with Crippen LogP contribution in [0, 0.1) is 0 Å². The van der Waals surface area contributed by atoms with Crippen molar-refractivity contribution in [3.8, 4) is 0 Å². The Kier molecular flexibility index (Phi) is 5.44. The van der Waals surface area contributed by atoms with Gasteiger partial charge in [0.25, 0.3) is 0 Å². The predicted octanol–water partition coefficient (Wildman–Crippen LogP) is 5.41. The number of halogens is 2. The second kappa shape index (κ2) is 6.00. The van der Waals surface area contributed by atoms with Crippen molar-refractivity contribution in [2.45, 2.75) is 44.3 Å². The smallest absolute Gasteiger partial charge is 0.207 e. The van der Waals surface area contributed by atoms with Crippen molar-refractivity contribution in [3.63, 3.8) is 0 Å².